The Morgan fingerprint density at radius 1 is 0.844 bits per heavy atom. The van der Waals surface area contributed by atoms with Crippen molar-refractivity contribution in [2.24, 2.45) is 11.0 Å². The van der Waals surface area contributed by atoms with Gasteiger partial charge in [-0.25, -0.2) is 0 Å². The van der Waals surface area contributed by atoms with Gasteiger partial charge in [0.2, 0.25) is 0 Å². The van der Waals surface area contributed by atoms with Crippen LogP contribution in [0.4, 0.5) is 5.69 Å². The number of hydrazone groups is 1. The third-order valence-electron chi connectivity index (χ3n) is 6.44. The molecule has 3 aromatic rings. The molecule has 1 saturated carbocycles. The lowest BCUT2D eigenvalue weighted by molar-refractivity contribution is 0.414. The highest BCUT2D eigenvalue weighted by molar-refractivity contribution is 6.08. The van der Waals surface area contributed by atoms with E-state index in [9.17, 15) is 0 Å². The third kappa shape index (κ3) is 3.89. The van der Waals surface area contributed by atoms with Crippen molar-refractivity contribution in [3.63, 3.8) is 0 Å². The third-order valence-corrected chi connectivity index (χ3v) is 6.44. The summed E-state index contributed by atoms with van der Waals surface area (Å²) >= 11 is 0. The first kappa shape index (κ1) is 20.4. The molecule has 2 aliphatic rings. The molecule has 2 unspecified atom stereocenters. The summed E-state index contributed by atoms with van der Waals surface area (Å²) in [4.78, 5) is 0. The summed E-state index contributed by atoms with van der Waals surface area (Å²) in [6.45, 7) is 0. The molecule has 0 N–H and O–H groups in total. The van der Waals surface area contributed by atoms with Crippen molar-refractivity contribution >= 4 is 17.5 Å². The standard InChI is InChI=1S/C28H28N2O2/c1-31-24-15-11-20(12-16-24)19-22-7-6-10-26-27(22)29-30(23-8-4-3-5-9-23)28(26)21-13-17-25(32-2)18-14-21/h3-5,8-9,11-19,26,28H,6-7,10H2,1-2H3/b22-19-. The summed E-state index contributed by atoms with van der Waals surface area (Å²) in [5.41, 5.74) is 6.13. The van der Waals surface area contributed by atoms with Crippen LogP contribution in [0.1, 0.15) is 36.4 Å². The topological polar surface area (TPSA) is 34.1 Å². The molecule has 1 aliphatic heterocycles. The lowest BCUT2D eigenvalue weighted by atomic mass is 9.77. The zero-order chi connectivity index (χ0) is 21.9. The number of rotatable bonds is 5. The van der Waals surface area contributed by atoms with E-state index >= 15 is 0 Å². The molecule has 1 aliphatic carbocycles. The van der Waals surface area contributed by atoms with E-state index in [1.54, 1.807) is 14.2 Å². The highest BCUT2D eigenvalue weighted by atomic mass is 16.5. The fourth-order valence-corrected chi connectivity index (χ4v) is 4.83. The normalized spacial score (nSPS) is 21.2. The molecule has 0 radical (unpaired) electrons. The molecule has 32 heavy (non-hydrogen) atoms. The maximum Gasteiger partial charge on any atom is 0.118 e. The first-order chi connectivity index (χ1) is 15.8. The highest BCUT2D eigenvalue weighted by Crippen LogP contribution is 2.46. The molecule has 4 heteroatoms. The summed E-state index contributed by atoms with van der Waals surface area (Å²) in [7, 11) is 3.41. The minimum Gasteiger partial charge on any atom is -0.497 e. The average Bonchev–Trinajstić information content (AvgIpc) is 3.26. The van der Waals surface area contributed by atoms with E-state index in [-0.39, 0.29) is 6.04 Å². The minimum absolute atomic E-state index is 0.179. The van der Waals surface area contributed by atoms with Crippen LogP contribution in [0.2, 0.25) is 0 Å². The van der Waals surface area contributed by atoms with Gasteiger partial charge < -0.3 is 9.47 Å². The van der Waals surface area contributed by atoms with Crippen LogP contribution in [-0.4, -0.2) is 19.9 Å². The van der Waals surface area contributed by atoms with Crippen molar-refractivity contribution in [1.82, 2.24) is 0 Å². The maximum atomic E-state index is 5.39. The van der Waals surface area contributed by atoms with Gasteiger partial charge in [0.05, 0.1) is 31.7 Å². The summed E-state index contributed by atoms with van der Waals surface area (Å²) < 4.78 is 10.7. The van der Waals surface area contributed by atoms with Gasteiger partial charge in [0.25, 0.3) is 0 Å². The van der Waals surface area contributed by atoms with Gasteiger partial charge in [-0.2, -0.15) is 5.10 Å². The Morgan fingerprint density at radius 2 is 1.50 bits per heavy atom. The predicted octanol–water partition coefficient (Wildman–Crippen LogP) is 6.50. The average molecular weight is 425 g/mol. The molecule has 162 valence electrons. The smallest absolute Gasteiger partial charge is 0.118 e. The molecule has 1 fully saturated rings. The van der Waals surface area contributed by atoms with Gasteiger partial charge in [0.15, 0.2) is 0 Å². The lowest BCUT2D eigenvalue weighted by Gasteiger charge is -2.30. The molecule has 4 nitrogen and oxygen atoms in total. The Morgan fingerprint density at radius 3 is 2.16 bits per heavy atom. The molecule has 0 bridgehead atoms. The van der Waals surface area contributed by atoms with Gasteiger partial charge in [-0.1, -0.05) is 42.5 Å². The van der Waals surface area contributed by atoms with E-state index in [2.05, 4.69) is 65.7 Å². The second-order valence-corrected chi connectivity index (χ2v) is 8.32. The van der Waals surface area contributed by atoms with Crippen LogP contribution in [0.25, 0.3) is 6.08 Å². The summed E-state index contributed by atoms with van der Waals surface area (Å²) in [5, 5.41) is 7.44. The molecular formula is C28H28N2O2. The largest absolute Gasteiger partial charge is 0.497 e. The molecule has 2 atom stereocenters. The number of anilines is 1. The minimum atomic E-state index is 0.179. The van der Waals surface area contributed by atoms with E-state index in [1.165, 1.54) is 28.8 Å². The summed E-state index contributed by atoms with van der Waals surface area (Å²) in [5.74, 6) is 2.12. The molecule has 1 heterocycles. The van der Waals surface area contributed by atoms with Crippen molar-refractivity contribution in [2.45, 2.75) is 25.3 Å². The fraction of sp³-hybridized carbons (Fsp3) is 0.250. The molecule has 5 rings (SSSR count). The number of nitrogens with zero attached hydrogens (tertiary/aromatic N) is 2. The Labute approximate surface area is 189 Å². The quantitative estimate of drug-likeness (QED) is 0.468. The monoisotopic (exact) mass is 424 g/mol. The van der Waals surface area contributed by atoms with E-state index in [0.29, 0.717) is 5.92 Å². The van der Waals surface area contributed by atoms with Crippen molar-refractivity contribution in [1.29, 1.82) is 0 Å². The second-order valence-electron chi connectivity index (χ2n) is 8.32. The first-order valence-corrected chi connectivity index (χ1v) is 11.2. The van der Waals surface area contributed by atoms with Crippen LogP contribution >= 0.6 is 0 Å². The zero-order valence-corrected chi connectivity index (χ0v) is 18.6. The molecule has 0 saturated heterocycles. The van der Waals surface area contributed by atoms with E-state index in [1.807, 2.05) is 24.3 Å². The number of hydrogen-bond acceptors (Lipinski definition) is 4. The van der Waals surface area contributed by atoms with Crippen molar-refractivity contribution in [3.05, 3.63) is 95.6 Å². The molecule has 0 spiro atoms. The van der Waals surface area contributed by atoms with Crippen LogP contribution in [0.3, 0.4) is 0 Å². The van der Waals surface area contributed by atoms with Crippen molar-refractivity contribution in [3.8, 4) is 11.5 Å². The van der Waals surface area contributed by atoms with E-state index < -0.39 is 0 Å². The Hall–Kier alpha value is -3.53. The number of allylic oxidation sites excluding steroid dienone is 1. The Bertz CT molecular complexity index is 1120. The molecule has 0 aromatic heterocycles. The first-order valence-electron chi connectivity index (χ1n) is 11.2. The van der Waals surface area contributed by atoms with Crippen LogP contribution in [0.15, 0.2) is 89.5 Å². The van der Waals surface area contributed by atoms with E-state index in [0.717, 1.165) is 30.0 Å². The van der Waals surface area contributed by atoms with Crippen LogP contribution < -0.4 is 14.5 Å². The number of benzene rings is 3. The van der Waals surface area contributed by atoms with Gasteiger partial charge in [-0.15, -0.1) is 0 Å². The number of hydrogen-bond donors (Lipinski definition) is 0. The number of fused-ring (bicyclic) bond motifs is 1. The Balaban J connectivity index is 1.54. The predicted molar refractivity (Wildman–Crippen MR) is 130 cm³/mol. The zero-order valence-electron chi connectivity index (χ0n) is 18.6. The van der Waals surface area contributed by atoms with Crippen LogP contribution in [0.5, 0.6) is 11.5 Å². The highest BCUT2D eigenvalue weighted by Gasteiger charge is 2.41. The number of ether oxygens (including phenoxy) is 2. The van der Waals surface area contributed by atoms with Gasteiger partial charge in [-0.3, -0.25) is 5.01 Å². The SMILES string of the molecule is COc1ccc(/C=C2/CCCC3C2=NN(c2ccccc2)C3c2ccc(OC)cc2)cc1. The van der Waals surface area contributed by atoms with Gasteiger partial charge >= 0.3 is 0 Å². The summed E-state index contributed by atoms with van der Waals surface area (Å²) in [6, 6.07) is 27.4. The fourth-order valence-electron chi connectivity index (χ4n) is 4.83. The van der Waals surface area contributed by atoms with Gasteiger partial charge in [0.1, 0.15) is 11.5 Å². The number of para-hydroxylation sites is 1. The molecule has 3 aromatic carbocycles. The van der Waals surface area contributed by atoms with E-state index in [4.69, 9.17) is 14.6 Å². The summed E-state index contributed by atoms with van der Waals surface area (Å²) in [6.07, 6.45) is 5.66. The Kier molecular flexibility index (Phi) is 5.68. The lowest BCUT2D eigenvalue weighted by Crippen LogP contribution is -2.28. The van der Waals surface area contributed by atoms with Gasteiger partial charge in [-0.05, 0) is 78.4 Å². The van der Waals surface area contributed by atoms with Gasteiger partial charge in [0, 0.05) is 5.92 Å². The van der Waals surface area contributed by atoms with Crippen molar-refractivity contribution in [2.75, 3.05) is 19.2 Å². The number of methoxy groups -OCH3 is 2. The molecular weight excluding hydrogens is 396 g/mol. The van der Waals surface area contributed by atoms with Crippen LogP contribution in [-0.2, 0) is 0 Å². The maximum absolute atomic E-state index is 5.39. The van der Waals surface area contributed by atoms with Crippen molar-refractivity contribution < 1.29 is 9.47 Å². The van der Waals surface area contributed by atoms with Crippen LogP contribution in [0, 0.1) is 5.92 Å². The molecule has 0 amide bonds. The second kappa shape index (κ2) is 8.91.